The van der Waals surface area contributed by atoms with Crippen LogP contribution in [0, 0.1) is 0 Å². The zero-order chi connectivity index (χ0) is 26.4. The molecule has 12 heteroatoms. The zero-order valence-corrected chi connectivity index (χ0v) is 21.5. The Morgan fingerprint density at radius 1 is 1.14 bits per heavy atom. The number of aromatic nitrogens is 3. The van der Waals surface area contributed by atoms with Gasteiger partial charge in [-0.05, 0) is 11.6 Å². The predicted molar refractivity (Wildman–Crippen MR) is 137 cm³/mol. The summed E-state index contributed by atoms with van der Waals surface area (Å²) in [6, 6.07) is 10.9. The second kappa shape index (κ2) is 11.7. The van der Waals surface area contributed by atoms with Gasteiger partial charge in [0.25, 0.3) is 0 Å². The molecule has 1 amide bonds. The van der Waals surface area contributed by atoms with Gasteiger partial charge in [0.15, 0.2) is 5.15 Å². The van der Waals surface area contributed by atoms with Crippen LogP contribution in [0.4, 0.5) is 10.6 Å². The molecule has 10 nitrogen and oxygen atoms in total. The molecule has 0 spiro atoms. The Bertz CT molecular complexity index is 1270. The summed E-state index contributed by atoms with van der Waals surface area (Å²) in [5.74, 6) is 0.0625. The van der Waals surface area contributed by atoms with Crippen LogP contribution in [0.5, 0.6) is 5.88 Å². The highest BCUT2D eigenvalue weighted by Gasteiger charge is 2.38. The molecule has 37 heavy (non-hydrogen) atoms. The number of hydrogen-bond donors (Lipinski definition) is 2. The lowest BCUT2D eigenvalue weighted by Crippen LogP contribution is -2.51. The number of aliphatic hydroxyl groups excluding tert-OH is 1. The number of aliphatic hydroxyl groups is 1. The predicted octanol–water partition coefficient (Wildman–Crippen LogP) is 3.68. The van der Waals surface area contributed by atoms with Crippen molar-refractivity contribution in [3.63, 3.8) is 0 Å². The van der Waals surface area contributed by atoms with Gasteiger partial charge in [-0.2, -0.15) is 0 Å². The Hall–Kier alpha value is -3.47. The van der Waals surface area contributed by atoms with E-state index in [1.54, 1.807) is 0 Å². The molecule has 0 bridgehead atoms. The second-order valence-corrected chi connectivity index (χ2v) is 9.17. The van der Waals surface area contributed by atoms with E-state index in [1.165, 1.54) is 25.6 Å². The first kappa shape index (κ1) is 26.6. The minimum Gasteiger partial charge on any atom is -0.480 e. The molecule has 3 aromatic rings. The molecular weight excluding hydrogens is 521 g/mol. The summed E-state index contributed by atoms with van der Waals surface area (Å²) in [6.45, 7) is 0.871. The highest BCUT2D eigenvalue weighted by atomic mass is 35.5. The van der Waals surface area contributed by atoms with Crippen LogP contribution in [0.15, 0.2) is 48.8 Å². The van der Waals surface area contributed by atoms with Crippen molar-refractivity contribution < 1.29 is 24.2 Å². The summed E-state index contributed by atoms with van der Waals surface area (Å²) in [4.78, 5) is 39.8. The number of benzene rings is 1. The number of alkyl carbamates (subject to hydrolysis) is 1. The molecule has 0 unspecified atom stereocenters. The van der Waals surface area contributed by atoms with Gasteiger partial charge in [0.1, 0.15) is 22.1 Å². The van der Waals surface area contributed by atoms with Crippen molar-refractivity contribution in [1.82, 2.24) is 20.3 Å². The largest absolute Gasteiger partial charge is 0.480 e. The van der Waals surface area contributed by atoms with Gasteiger partial charge in [-0.3, -0.25) is 4.79 Å². The van der Waals surface area contributed by atoms with Crippen molar-refractivity contribution >= 4 is 40.9 Å². The van der Waals surface area contributed by atoms with Crippen LogP contribution in [-0.2, 0) is 11.3 Å². The maximum absolute atomic E-state index is 13.0. The van der Waals surface area contributed by atoms with Gasteiger partial charge in [-0.1, -0.05) is 53.5 Å². The third kappa shape index (κ3) is 6.10. The molecule has 0 radical (unpaired) electrons. The number of ether oxygens (including phenoxy) is 2. The Kier molecular flexibility index (Phi) is 8.42. The first-order chi connectivity index (χ1) is 17.9. The maximum atomic E-state index is 13.0. The molecule has 0 atom stereocenters. The lowest BCUT2D eigenvalue weighted by atomic mass is 9.92. The standard InChI is InChI=1S/C25H25Cl2N5O5/c1-36-23-19(26)17(7-10-28-23)21(34)20-22(27)31-18(14-29-20)32-11-8-25(15-33,9-12-32)37-24(35)30-13-16-5-3-2-4-6-16/h2-7,10,14,33H,8-9,11-13,15H2,1H3,(H,30,35). The number of amides is 1. The number of ketones is 1. The summed E-state index contributed by atoms with van der Waals surface area (Å²) in [5, 5.41) is 12.7. The molecule has 4 rings (SSSR count). The Morgan fingerprint density at radius 3 is 2.51 bits per heavy atom. The van der Waals surface area contributed by atoms with E-state index in [2.05, 4.69) is 20.3 Å². The first-order valence-electron chi connectivity index (χ1n) is 11.5. The number of methoxy groups -OCH3 is 1. The van der Waals surface area contributed by atoms with E-state index in [0.29, 0.717) is 38.3 Å². The van der Waals surface area contributed by atoms with Crippen LogP contribution in [-0.4, -0.2) is 64.3 Å². The molecule has 2 aromatic heterocycles. The number of carbonyl (C=O) groups is 2. The highest BCUT2D eigenvalue weighted by Crippen LogP contribution is 2.31. The molecule has 0 saturated carbocycles. The monoisotopic (exact) mass is 545 g/mol. The number of nitrogens with one attached hydrogen (secondary N) is 1. The van der Waals surface area contributed by atoms with Crippen LogP contribution in [0.25, 0.3) is 0 Å². The van der Waals surface area contributed by atoms with E-state index in [-0.39, 0.29) is 33.9 Å². The van der Waals surface area contributed by atoms with Crippen LogP contribution in [0.2, 0.25) is 10.2 Å². The number of carbonyl (C=O) groups excluding carboxylic acids is 2. The smallest absolute Gasteiger partial charge is 0.408 e. The van der Waals surface area contributed by atoms with Gasteiger partial charge >= 0.3 is 6.09 Å². The molecule has 1 aliphatic rings. The summed E-state index contributed by atoms with van der Waals surface area (Å²) in [7, 11) is 1.40. The van der Waals surface area contributed by atoms with Gasteiger partial charge in [0.2, 0.25) is 11.7 Å². The topological polar surface area (TPSA) is 127 Å². The summed E-state index contributed by atoms with van der Waals surface area (Å²) >= 11 is 12.5. The fourth-order valence-corrected chi connectivity index (χ4v) is 4.47. The first-order valence-corrected chi connectivity index (χ1v) is 12.2. The second-order valence-electron chi connectivity index (χ2n) is 8.44. The van der Waals surface area contributed by atoms with Crippen LogP contribution in [0.3, 0.4) is 0 Å². The van der Waals surface area contributed by atoms with E-state index >= 15 is 0 Å². The number of piperidine rings is 1. The van der Waals surface area contributed by atoms with E-state index < -0.39 is 17.5 Å². The molecule has 2 N–H and O–H groups in total. The van der Waals surface area contributed by atoms with Crippen molar-refractivity contribution in [3.8, 4) is 5.88 Å². The molecular formula is C25H25Cl2N5O5. The van der Waals surface area contributed by atoms with Crippen LogP contribution in [0.1, 0.15) is 34.5 Å². The van der Waals surface area contributed by atoms with Gasteiger partial charge < -0.3 is 24.8 Å². The van der Waals surface area contributed by atoms with Crippen molar-refractivity contribution in [3.05, 3.63) is 75.8 Å². The minimum absolute atomic E-state index is 0.0549. The average Bonchev–Trinajstić information content (AvgIpc) is 2.92. The molecule has 194 valence electrons. The van der Waals surface area contributed by atoms with E-state index in [4.69, 9.17) is 32.7 Å². The van der Waals surface area contributed by atoms with Gasteiger partial charge in [0, 0.05) is 44.2 Å². The Balaban J connectivity index is 1.39. The van der Waals surface area contributed by atoms with Crippen molar-refractivity contribution in [2.24, 2.45) is 0 Å². The Morgan fingerprint density at radius 2 is 1.86 bits per heavy atom. The fraction of sp³-hybridized carbons (Fsp3) is 0.320. The summed E-state index contributed by atoms with van der Waals surface area (Å²) in [5.41, 5.74) is 0.0169. The lowest BCUT2D eigenvalue weighted by molar-refractivity contribution is -0.0460. The molecule has 1 aromatic carbocycles. The van der Waals surface area contributed by atoms with Crippen molar-refractivity contribution in [2.75, 3.05) is 31.7 Å². The fourth-order valence-electron chi connectivity index (χ4n) is 3.97. The van der Waals surface area contributed by atoms with Crippen LogP contribution >= 0.6 is 23.2 Å². The maximum Gasteiger partial charge on any atom is 0.408 e. The highest BCUT2D eigenvalue weighted by molar-refractivity contribution is 6.38. The summed E-state index contributed by atoms with van der Waals surface area (Å²) < 4.78 is 10.7. The third-order valence-corrected chi connectivity index (χ3v) is 6.73. The van der Waals surface area contributed by atoms with Crippen molar-refractivity contribution in [1.29, 1.82) is 0 Å². The average molecular weight is 546 g/mol. The third-order valence-electron chi connectivity index (χ3n) is 6.10. The Labute approximate surface area is 223 Å². The zero-order valence-electron chi connectivity index (χ0n) is 20.0. The number of anilines is 1. The van der Waals surface area contributed by atoms with Gasteiger partial charge in [0.05, 0.1) is 19.9 Å². The number of rotatable bonds is 8. The SMILES string of the molecule is COc1nccc(C(=O)c2ncc(N3CCC(CO)(OC(=O)NCc4ccccc4)CC3)nc2Cl)c1Cl. The van der Waals surface area contributed by atoms with E-state index in [1.807, 2.05) is 35.2 Å². The molecule has 0 aliphatic carbocycles. The number of halogens is 2. The van der Waals surface area contributed by atoms with Crippen LogP contribution < -0.4 is 15.0 Å². The van der Waals surface area contributed by atoms with Gasteiger partial charge in [-0.15, -0.1) is 0 Å². The normalized spacial score (nSPS) is 14.6. The number of pyridine rings is 1. The van der Waals surface area contributed by atoms with E-state index in [9.17, 15) is 14.7 Å². The molecule has 1 aliphatic heterocycles. The number of nitrogens with zero attached hydrogens (tertiary/aromatic N) is 4. The summed E-state index contributed by atoms with van der Waals surface area (Å²) in [6.07, 6.45) is 3.00. The molecule has 1 fully saturated rings. The van der Waals surface area contributed by atoms with Crippen molar-refractivity contribution in [2.45, 2.75) is 25.0 Å². The lowest BCUT2D eigenvalue weighted by Gasteiger charge is -2.40. The molecule has 3 heterocycles. The minimum atomic E-state index is -1.01. The number of hydrogen-bond acceptors (Lipinski definition) is 9. The molecule has 1 saturated heterocycles. The van der Waals surface area contributed by atoms with Gasteiger partial charge in [-0.25, -0.2) is 19.7 Å². The van der Waals surface area contributed by atoms with E-state index in [0.717, 1.165) is 5.56 Å². The quantitative estimate of drug-likeness (QED) is 0.407.